The van der Waals surface area contributed by atoms with Gasteiger partial charge in [0.05, 0.1) is 10.6 Å². The number of nitrogens with zero attached hydrogens (tertiary/aromatic N) is 3. The zero-order valence-electron chi connectivity index (χ0n) is 15.2. The van der Waals surface area contributed by atoms with Crippen LogP contribution in [-0.2, 0) is 6.54 Å². The van der Waals surface area contributed by atoms with Crippen LogP contribution >= 0.6 is 23.4 Å². The van der Waals surface area contributed by atoms with E-state index in [1.807, 2.05) is 49.4 Å². The van der Waals surface area contributed by atoms with E-state index in [1.54, 1.807) is 22.7 Å². The van der Waals surface area contributed by atoms with Gasteiger partial charge < -0.3 is 9.42 Å². The molecule has 3 aromatic rings. The second-order valence-corrected chi connectivity index (χ2v) is 7.45. The van der Waals surface area contributed by atoms with Crippen molar-refractivity contribution in [2.75, 3.05) is 12.3 Å². The maximum Gasteiger partial charge on any atom is 0.255 e. The number of hydrogen-bond acceptors (Lipinski definition) is 5. The average Bonchev–Trinajstić information content (AvgIpc) is 3.15. The Kier molecular flexibility index (Phi) is 6.53. The molecule has 27 heavy (non-hydrogen) atoms. The summed E-state index contributed by atoms with van der Waals surface area (Å²) >= 11 is 7.84. The molecule has 140 valence electrons. The first-order chi connectivity index (χ1) is 13.1. The van der Waals surface area contributed by atoms with Gasteiger partial charge in [-0.05, 0) is 36.9 Å². The maximum absolute atomic E-state index is 13.0. The van der Waals surface area contributed by atoms with Gasteiger partial charge in [0.15, 0.2) is 0 Å². The minimum Gasteiger partial charge on any atom is -0.337 e. The maximum atomic E-state index is 13.0. The number of halogens is 1. The fraction of sp³-hybridized carbons (Fsp3) is 0.250. The first-order valence-electron chi connectivity index (χ1n) is 8.72. The van der Waals surface area contributed by atoms with Crippen molar-refractivity contribution in [2.45, 2.75) is 25.3 Å². The first-order valence-corrected chi connectivity index (χ1v) is 10.1. The molecule has 5 nitrogen and oxygen atoms in total. The Morgan fingerprint density at radius 2 is 1.89 bits per heavy atom. The monoisotopic (exact) mass is 401 g/mol. The fourth-order valence-electron chi connectivity index (χ4n) is 2.66. The van der Waals surface area contributed by atoms with Crippen LogP contribution in [0.25, 0.3) is 11.4 Å². The predicted octanol–water partition coefficient (Wildman–Crippen LogP) is 5.16. The Hall–Kier alpha value is -2.31. The number of thioether (sulfide) groups is 1. The summed E-state index contributed by atoms with van der Waals surface area (Å²) in [7, 11) is 0. The van der Waals surface area contributed by atoms with E-state index in [9.17, 15) is 4.79 Å². The van der Waals surface area contributed by atoms with Crippen molar-refractivity contribution in [3.63, 3.8) is 0 Å². The molecule has 0 aliphatic rings. The lowest BCUT2D eigenvalue weighted by Gasteiger charge is -2.20. The molecular formula is C20H20ClN3O2S. The van der Waals surface area contributed by atoms with E-state index in [-0.39, 0.29) is 12.5 Å². The average molecular weight is 402 g/mol. The van der Waals surface area contributed by atoms with E-state index in [2.05, 4.69) is 17.1 Å². The largest absolute Gasteiger partial charge is 0.337 e. The molecule has 7 heteroatoms. The Bertz CT molecular complexity index is 929. The number of carbonyl (C=O) groups is 1. The van der Waals surface area contributed by atoms with Crippen molar-refractivity contribution in [1.29, 1.82) is 0 Å². The standard InChI is InChI=1S/C20H20ClN3O2S/c1-3-24(20(25)15-10-6-8-12-17(15)27-4-2)13-18-22-19(23-26-18)14-9-5-7-11-16(14)21/h5-12H,3-4,13H2,1-2H3. The molecule has 1 amide bonds. The van der Waals surface area contributed by atoms with Gasteiger partial charge in [-0.1, -0.05) is 47.9 Å². The van der Waals surface area contributed by atoms with Crippen molar-refractivity contribution in [1.82, 2.24) is 15.0 Å². The number of carbonyl (C=O) groups excluding carboxylic acids is 1. The van der Waals surface area contributed by atoms with Crippen LogP contribution in [0.15, 0.2) is 57.9 Å². The Morgan fingerprint density at radius 3 is 2.63 bits per heavy atom. The molecule has 0 saturated carbocycles. The first kappa shape index (κ1) is 19.5. The van der Waals surface area contributed by atoms with Crippen LogP contribution in [0, 0.1) is 0 Å². The molecule has 0 unspecified atom stereocenters. The summed E-state index contributed by atoms with van der Waals surface area (Å²) in [5, 5.41) is 4.56. The summed E-state index contributed by atoms with van der Waals surface area (Å²) < 4.78 is 5.35. The smallest absolute Gasteiger partial charge is 0.255 e. The zero-order chi connectivity index (χ0) is 19.2. The van der Waals surface area contributed by atoms with Gasteiger partial charge in [-0.3, -0.25) is 4.79 Å². The van der Waals surface area contributed by atoms with Gasteiger partial charge in [0.2, 0.25) is 11.7 Å². The number of amides is 1. The van der Waals surface area contributed by atoms with Crippen molar-refractivity contribution in [3.8, 4) is 11.4 Å². The molecular weight excluding hydrogens is 382 g/mol. The quantitative estimate of drug-likeness (QED) is 0.511. The number of rotatable bonds is 7. The van der Waals surface area contributed by atoms with Crippen LogP contribution in [0.5, 0.6) is 0 Å². The van der Waals surface area contributed by atoms with Gasteiger partial charge >= 0.3 is 0 Å². The number of hydrogen-bond donors (Lipinski definition) is 0. The highest BCUT2D eigenvalue weighted by atomic mass is 35.5. The van der Waals surface area contributed by atoms with Crippen molar-refractivity contribution in [3.05, 3.63) is 65.0 Å². The molecule has 2 aromatic carbocycles. The molecule has 1 aromatic heterocycles. The molecule has 3 rings (SSSR count). The molecule has 0 aliphatic carbocycles. The highest BCUT2D eigenvalue weighted by Gasteiger charge is 2.21. The van der Waals surface area contributed by atoms with E-state index in [4.69, 9.17) is 16.1 Å². The van der Waals surface area contributed by atoms with E-state index in [1.165, 1.54) is 0 Å². The summed E-state index contributed by atoms with van der Waals surface area (Å²) in [6.45, 7) is 4.78. The lowest BCUT2D eigenvalue weighted by atomic mass is 10.2. The molecule has 0 aliphatic heterocycles. The van der Waals surface area contributed by atoms with E-state index < -0.39 is 0 Å². The van der Waals surface area contributed by atoms with Gasteiger partial charge in [0.25, 0.3) is 5.91 Å². The van der Waals surface area contributed by atoms with E-state index >= 15 is 0 Å². The summed E-state index contributed by atoms with van der Waals surface area (Å²) in [6.07, 6.45) is 0. The second kappa shape index (κ2) is 9.06. The lowest BCUT2D eigenvalue weighted by molar-refractivity contribution is 0.0731. The molecule has 1 heterocycles. The minimum atomic E-state index is -0.0495. The molecule has 0 spiro atoms. The lowest BCUT2D eigenvalue weighted by Crippen LogP contribution is -2.30. The topological polar surface area (TPSA) is 59.2 Å². The molecule has 0 N–H and O–H groups in total. The van der Waals surface area contributed by atoms with E-state index in [0.717, 1.165) is 10.6 Å². The van der Waals surface area contributed by atoms with Gasteiger partial charge in [0, 0.05) is 17.0 Å². The van der Waals surface area contributed by atoms with Crippen molar-refractivity contribution >= 4 is 29.3 Å². The van der Waals surface area contributed by atoms with Crippen LogP contribution in [0.1, 0.15) is 30.1 Å². The third kappa shape index (κ3) is 4.51. The van der Waals surface area contributed by atoms with Crippen LogP contribution in [0.4, 0.5) is 0 Å². The molecule has 0 fully saturated rings. The molecule has 0 saturated heterocycles. The molecule has 0 bridgehead atoms. The molecule has 0 atom stereocenters. The number of aromatic nitrogens is 2. The van der Waals surface area contributed by atoms with Gasteiger partial charge in [-0.15, -0.1) is 11.8 Å². The minimum absolute atomic E-state index is 0.0495. The Balaban J connectivity index is 1.80. The molecule has 0 radical (unpaired) electrons. The van der Waals surface area contributed by atoms with Gasteiger partial charge in [0.1, 0.15) is 6.54 Å². The van der Waals surface area contributed by atoms with Crippen molar-refractivity contribution < 1.29 is 9.32 Å². The highest BCUT2D eigenvalue weighted by molar-refractivity contribution is 7.99. The normalized spacial score (nSPS) is 10.8. The second-order valence-electron chi connectivity index (χ2n) is 5.74. The third-order valence-corrected chi connectivity index (χ3v) is 5.28. The predicted molar refractivity (Wildman–Crippen MR) is 108 cm³/mol. The Morgan fingerprint density at radius 1 is 1.15 bits per heavy atom. The van der Waals surface area contributed by atoms with Crippen LogP contribution in [0.3, 0.4) is 0 Å². The van der Waals surface area contributed by atoms with Crippen LogP contribution in [-0.4, -0.2) is 33.2 Å². The Labute approximate surface area is 167 Å². The fourth-order valence-corrected chi connectivity index (χ4v) is 3.67. The summed E-state index contributed by atoms with van der Waals surface area (Å²) in [4.78, 5) is 20.1. The summed E-state index contributed by atoms with van der Waals surface area (Å²) in [5.74, 6) is 1.65. The summed E-state index contributed by atoms with van der Waals surface area (Å²) in [6, 6.07) is 15.0. The SMILES string of the molecule is CCSc1ccccc1C(=O)N(CC)Cc1nc(-c2ccccc2Cl)no1. The summed E-state index contributed by atoms with van der Waals surface area (Å²) in [5.41, 5.74) is 1.39. The van der Waals surface area contributed by atoms with Crippen molar-refractivity contribution in [2.24, 2.45) is 0 Å². The van der Waals surface area contributed by atoms with E-state index in [0.29, 0.717) is 34.4 Å². The third-order valence-electron chi connectivity index (χ3n) is 4.00. The van der Waals surface area contributed by atoms with Gasteiger partial charge in [-0.2, -0.15) is 4.98 Å². The van der Waals surface area contributed by atoms with Crippen LogP contribution in [0.2, 0.25) is 5.02 Å². The number of benzene rings is 2. The zero-order valence-corrected chi connectivity index (χ0v) is 16.8. The van der Waals surface area contributed by atoms with Crippen LogP contribution < -0.4 is 0 Å². The highest BCUT2D eigenvalue weighted by Crippen LogP contribution is 2.26. The van der Waals surface area contributed by atoms with Gasteiger partial charge in [-0.25, -0.2) is 0 Å².